The van der Waals surface area contributed by atoms with Gasteiger partial charge in [-0.3, -0.25) is 19.1 Å². The van der Waals surface area contributed by atoms with Crippen molar-refractivity contribution in [2.45, 2.75) is 6.54 Å². The summed E-state index contributed by atoms with van der Waals surface area (Å²) in [5.74, 6) is -0.499. The number of hydrogen-bond donors (Lipinski definition) is 1. The number of carbonyl (C=O) groups is 2. The number of fused-ring (bicyclic) bond motifs is 1. The molecule has 0 unspecified atom stereocenters. The molecule has 1 aromatic carbocycles. The maximum Gasteiger partial charge on any atom is 0.337 e. The second-order valence-electron chi connectivity index (χ2n) is 6.47. The molecule has 0 aliphatic rings. The molecule has 0 bridgehead atoms. The summed E-state index contributed by atoms with van der Waals surface area (Å²) >= 11 is 0. The second kappa shape index (κ2) is 8.49. The Balaban J connectivity index is 1.51. The third-order valence-electron chi connectivity index (χ3n) is 4.40. The molecule has 0 aliphatic carbocycles. The minimum Gasteiger partial charge on any atom is -0.465 e. The Labute approximate surface area is 175 Å². The van der Waals surface area contributed by atoms with Crippen LogP contribution in [0.1, 0.15) is 10.4 Å². The first kappa shape index (κ1) is 19.8. The number of aromatic nitrogens is 5. The summed E-state index contributed by atoms with van der Waals surface area (Å²) in [4.78, 5) is 53.3. The molecular formula is C21H16N6O4. The highest BCUT2D eigenvalue weighted by atomic mass is 16.5. The van der Waals surface area contributed by atoms with Crippen molar-refractivity contribution in [1.29, 1.82) is 0 Å². The van der Waals surface area contributed by atoms with Gasteiger partial charge in [-0.15, -0.1) is 0 Å². The molecule has 0 saturated carbocycles. The van der Waals surface area contributed by atoms with E-state index in [4.69, 9.17) is 0 Å². The maximum atomic E-state index is 12.7. The largest absolute Gasteiger partial charge is 0.465 e. The topological polar surface area (TPSA) is 129 Å². The van der Waals surface area contributed by atoms with Gasteiger partial charge in [0, 0.05) is 29.8 Å². The number of methoxy groups -OCH3 is 1. The first-order chi connectivity index (χ1) is 15.0. The van der Waals surface area contributed by atoms with Crippen LogP contribution in [0.25, 0.3) is 22.4 Å². The molecule has 0 radical (unpaired) electrons. The number of anilines is 1. The lowest BCUT2D eigenvalue weighted by Crippen LogP contribution is -2.28. The fourth-order valence-corrected chi connectivity index (χ4v) is 2.86. The number of hydrogen-bond acceptors (Lipinski definition) is 8. The molecule has 0 saturated heterocycles. The van der Waals surface area contributed by atoms with E-state index in [2.05, 4.69) is 30.0 Å². The summed E-state index contributed by atoms with van der Waals surface area (Å²) in [6.45, 7) is -0.245. The zero-order valence-electron chi connectivity index (χ0n) is 16.3. The van der Waals surface area contributed by atoms with Crippen LogP contribution in [0.3, 0.4) is 0 Å². The molecule has 10 heteroatoms. The Morgan fingerprint density at radius 3 is 2.61 bits per heavy atom. The van der Waals surface area contributed by atoms with Crippen LogP contribution in [0.2, 0.25) is 0 Å². The predicted octanol–water partition coefficient (Wildman–Crippen LogP) is 1.67. The number of pyridine rings is 1. The molecule has 0 atom stereocenters. The molecule has 4 rings (SSSR count). The van der Waals surface area contributed by atoms with E-state index < -0.39 is 17.4 Å². The van der Waals surface area contributed by atoms with Crippen molar-refractivity contribution in [3.05, 3.63) is 77.2 Å². The minimum absolute atomic E-state index is 0.199. The average molecular weight is 416 g/mol. The zero-order valence-corrected chi connectivity index (χ0v) is 16.3. The first-order valence-electron chi connectivity index (χ1n) is 9.16. The second-order valence-corrected chi connectivity index (χ2v) is 6.47. The van der Waals surface area contributed by atoms with Gasteiger partial charge >= 0.3 is 5.97 Å². The molecule has 3 heterocycles. The van der Waals surface area contributed by atoms with Crippen molar-refractivity contribution in [2.24, 2.45) is 0 Å². The fraction of sp³-hybridized carbons (Fsp3) is 0.0952. The third kappa shape index (κ3) is 4.27. The molecule has 4 aromatic rings. The van der Waals surface area contributed by atoms with Crippen molar-refractivity contribution >= 4 is 28.6 Å². The number of amides is 1. The lowest BCUT2D eigenvalue weighted by Gasteiger charge is -2.08. The van der Waals surface area contributed by atoms with Crippen LogP contribution >= 0.6 is 0 Å². The molecular weight excluding hydrogens is 400 g/mol. The van der Waals surface area contributed by atoms with E-state index in [0.29, 0.717) is 22.6 Å². The average Bonchev–Trinajstić information content (AvgIpc) is 2.81. The van der Waals surface area contributed by atoms with Gasteiger partial charge in [-0.05, 0) is 36.4 Å². The van der Waals surface area contributed by atoms with E-state index in [0.717, 1.165) is 0 Å². The monoisotopic (exact) mass is 416 g/mol. The Hall–Kier alpha value is -4.47. The van der Waals surface area contributed by atoms with Crippen LogP contribution in [0.4, 0.5) is 5.69 Å². The summed E-state index contributed by atoms with van der Waals surface area (Å²) < 4.78 is 5.81. The third-order valence-corrected chi connectivity index (χ3v) is 4.40. The first-order valence-corrected chi connectivity index (χ1v) is 9.16. The van der Waals surface area contributed by atoms with E-state index in [9.17, 15) is 14.4 Å². The Morgan fingerprint density at radius 2 is 1.90 bits per heavy atom. The number of esters is 1. The number of benzene rings is 1. The lowest BCUT2D eigenvalue weighted by atomic mass is 10.2. The van der Waals surface area contributed by atoms with Crippen LogP contribution in [0, 0.1) is 0 Å². The maximum absolute atomic E-state index is 12.7. The van der Waals surface area contributed by atoms with E-state index in [1.54, 1.807) is 36.7 Å². The number of carbonyl (C=O) groups excluding carboxylic acids is 2. The summed E-state index contributed by atoms with van der Waals surface area (Å²) in [6.07, 6.45) is 5.91. The minimum atomic E-state index is -0.472. The van der Waals surface area contributed by atoms with E-state index in [1.165, 1.54) is 36.3 Å². The highest BCUT2D eigenvalue weighted by molar-refractivity contribution is 5.93. The van der Waals surface area contributed by atoms with E-state index in [1.807, 2.05) is 0 Å². The van der Waals surface area contributed by atoms with E-state index >= 15 is 0 Å². The zero-order chi connectivity index (χ0) is 21.8. The van der Waals surface area contributed by atoms with Crippen LogP contribution in [0.15, 0.2) is 66.1 Å². The summed E-state index contributed by atoms with van der Waals surface area (Å²) in [6, 6.07) is 9.76. The summed E-state index contributed by atoms with van der Waals surface area (Å²) in [7, 11) is 1.29. The van der Waals surface area contributed by atoms with Crippen LogP contribution in [-0.4, -0.2) is 43.5 Å². The Bertz CT molecular complexity index is 1320. The van der Waals surface area contributed by atoms with Crippen LogP contribution < -0.4 is 10.9 Å². The smallest absolute Gasteiger partial charge is 0.337 e. The SMILES string of the molecule is COC(=O)c1ccc(NC(=O)Cn2cnc3nc(-c4cccnc4)ncc3c2=O)cc1. The van der Waals surface area contributed by atoms with Gasteiger partial charge < -0.3 is 10.1 Å². The highest BCUT2D eigenvalue weighted by Gasteiger charge is 2.12. The van der Waals surface area contributed by atoms with Crippen LogP contribution in [-0.2, 0) is 16.1 Å². The summed E-state index contributed by atoms with van der Waals surface area (Å²) in [5.41, 5.74) is 1.34. The van der Waals surface area contributed by atoms with E-state index in [-0.39, 0.29) is 17.6 Å². The molecule has 1 amide bonds. The van der Waals surface area contributed by atoms with Gasteiger partial charge in [-0.2, -0.15) is 0 Å². The number of nitrogens with one attached hydrogen (secondary N) is 1. The molecule has 31 heavy (non-hydrogen) atoms. The molecule has 3 aromatic heterocycles. The van der Waals surface area contributed by atoms with Gasteiger partial charge in [0.05, 0.1) is 12.7 Å². The van der Waals surface area contributed by atoms with Crippen molar-refractivity contribution in [2.75, 3.05) is 12.4 Å². The van der Waals surface area contributed by atoms with Crippen molar-refractivity contribution in [1.82, 2.24) is 24.5 Å². The molecule has 10 nitrogen and oxygen atoms in total. The molecule has 154 valence electrons. The standard InChI is InChI=1S/C21H16N6O4/c1-31-21(30)13-4-6-15(7-5-13)25-17(28)11-27-12-24-19-16(20(27)29)10-23-18(26-19)14-3-2-8-22-9-14/h2-10,12H,11H2,1H3,(H,25,28). The van der Waals surface area contributed by atoms with Crippen molar-refractivity contribution < 1.29 is 14.3 Å². The molecule has 1 N–H and O–H groups in total. The normalized spacial score (nSPS) is 10.6. The van der Waals surface area contributed by atoms with Gasteiger partial charge in [0.1, 0.15) is 18.3 Å². The number of rotatable bonds is 5. The Morgan fingerprint density at radius 1 is 1.10 bits per heavy atom. The van der Waals surface area contributed by atoms with Gasteiger partial charge in [-0.25, -0.2) is 19.7 Å². The van der Waals surface area contributed by atoms with Gasteiger partial charge in [0.2, 0.25) is 5.91 Å². The quantitative estimate of drug-likeness (QED) is 0.487. The van der Waals surface area contributed by atoms with Crippen LogP contribution in [0.5, 0.6) is 0 Å². The van der Waals surface area contributed by atoms with Gasteiger partial charge in [0.15, 0.2) is 11.5 Å². The highest BCUT2D eigenvalue weighted by Crippen LogP contribution is 2.14. The predicted molar refractivity (Wildman–Crippen MR) is 111 cm³/mol. The van der Waals surface area contributed by atoms with Crippen molar-refractivity contribution in [3.63, 3.8) is 0 Å². The molecule has 0 spiro atoms. The van der Waals surface area contributed by atoms with Gasteiger partial charge in [0.25, 0.3) is 5.56 Å². The lowest BCUT2D eigenvalue weighted by molar-refractivity contribution is -0.116. The summed E-state index contributed by atoms with van der Waals surface area (Å²) in [5, 5.41) is 2.86. The molecule has 0 fully saturated rings. The van der Waals surface area contributed by atoms with Crippen molar-refractivity contribution in [3.8, 4) is 11.4 Å². The molecule has 0 aliphatic heterocycles. The van der Waals surface area contributed by atoms with Gasteiger partial charge in [-0.1, -0.05) is 0 Å². The number of nitrogens with zero attached hydrogens (tertiary/aromatic N) is 5. The fourth-order valence-electron chi connectivity index (χ4n) is 2.86. The number of ether oxygens (including phenoxy) is 1. The Kier molecular flexibility index (Phi) is 5.43.